The molecule has 4 atom stereocenters. The molecule has 3 heterocycles. The Kier molecular flexibility index (Phi) is 3.78. The summed E-state index contributed by atoms with van der Waals surface area (Å²) in [6, 6.07) is 8.69. The van der Waals surface area contributed by atoms with Gasteiger partial charge in [-0.3, -0.25) is 9.36 Å². The maximum atomic E-state index is 12.0. The Morgan fingerprint density at radius 1 is 1.36 bits per heavy atom. The first-order valence-corrected chi connectivity index (χ1v) is 7.87. The SMILES string of the molecule is Cc1cn2c(nc1=O)O[C@@H]1[C@@H](O)[C@@H](COC(=O)c3ccccc3)O[C@@H]12. The number of aliphatic hydroxyl groups excluding tert-OH is 1. The van der Waals surface area contributed by atoms with Crippen LogP contribution in [0.4, 0.5) is 0 Å². The predicted molar refractivity (Wildman–Crippen MR) is 84.3 cm³/mol. The average molecular weight is 344 g/mol. The molecule has 0 saturated carbocycles. The van der Waals surface area contributed by atoms with Crippen molar-refractivity contribution in [2.45, 2.75) is 31.5 Å². The van der Waals surface area contributed by atoms with Gasteiger partial charge < -0.3 is 19.3 Å². The van der Waals surface area contributed by atoms with Crippen LogP contribution in [-0.4, -0.2) is 45.5 Å². The fourth-order valence-electron chi connectivity index (χ4n) is 2.97. The Morgan fingerprint density at radius 3 is 2.88 bits per heavy atom. The van der Waals surface area contributed by atoms with Gasteiger partial charge >= 0.3 is 12.0 Å². The quantitative estimate of drug-likeness (QED) is 0.806. The third kappa shape index (κ3) is 2.69. The van der Waals surface area contributed by atoms with Crippen LogP contribution in [0.5, 0.6) is 6.01 Å². The van der Waals surface area contributed by atoms with Crippen molar-refractivity contribution in [3.63, 3.8) is 0 Å². The van der Waals surface area contributed by atoms with E-state index in [1.54, 1.807) is 48.0 Å². The Morgan fingerprint density at radius 2 is 2.12 bits per heavy atom. The van der Waals surface area contributed by atoms with Gasteiger partial charge in [0, 0.05) is 11.8 Å². The van der Waals surface area contributed by atoms with E-state index in [1.165, 1.54) is 0 Å². The van der Waals surface area contributed by atoms with Crippen molar-refractivity contribution >= 4 is 5.97 Å². The zero-order chi connectivity index (χ0) is 17.6. The Hall–Kier alpha value is -2.71. The summed E-state index contributed by atoms with van der Waals surface area (Å²) in [4.78, 5) is 27.4. The number of fused-ring (bicyclic) bond motifs is 3. The van der Waals surface area contributed by atoms with Crippen LogP contribution in [0.2, 0.25) is 0 Å². The van der Waals surface area contributed by atoms with E-state index < -0.39 is 30.5 Å². The van der Waals surface area contributed by atoms with Crippen molar-refractivity contribution in [2.75, 3.05) is 6.61 Å². The molecule has 1 aromatic heterocycles. The second-order valence-corrected chi connectivity index (χ2v) is 6.02. The number of benzene rings is 1. The molecule has 8 nitrogen and oxygen atoms in total. The number of hydrogen-bond donors (Lipinski definition) is 1. The molecular formula is C17H16N2O6. The lowest BCUT2D eigenvalue weighted by Gasteiger charge is -2.17. The van der Waals surface area contributed by atoms with Gasteiger partial charge in [-0.1, -0.05) is 18.2 Å². The van der Waals surface area contributed by atoms with Crippen LogP contribution in [0, 0.1) is 6.92 Å². The van der Waals surface area contributed by atoms with Crippen LogP contribution in [0.3, 0.4) is 0 Å². The highest BCUT2D eigenvalue weighted by Gasteiger charge is 2.51. The molecule has 0 amide bonds. The first-order valence-electron chi connectivity index (χ1n) is 7.87. The van der Waals surface area contributed by atoms with Crippen LogP contribution >= 0.6 is 0 Å². The molecule has 8 heteroatoms. The first-order chi connectivity index (χ1) is 12.0. The van der Waals surface area contributed by atoms with Gasteiger partial charge in [-0.15, -0.1) is 0 Å². The number of aryl methyl sites for hydroxylation is 1. The zero-order valence-electron chi connectivity index (χ0n) is 13.4. The van der Waals surface area contributed by atoms with E-state index in [9.17, 15) is 14.7 Å². The number of carbonyl (C=O) groups excluding carboxylic acids is 1. The second kappa shape index (κ2) is 5.98. The molecule has 2 aromatic rings. The van der Waals surface area contributed by atoms with Gasteiger partial charge in [0.25, 0.3) is 5.56 Å². The summed E-state index contributed by atoms with van der Waals surface area (Å²) >= 11 is 0. The van der Waals surface area contributed by atoms with E-state index in [4.69, 9.17) is 14.2 Å². The maximum absolute atomic E-state index is 12.0. The average Bonchev–Trinajstić information content (AvgIpc) is 3.11. The lowest BCUT2D eigenvalue weighted by Crippen LogP contribution is -2.36. The zero-order valence-corrected chi connectivity index (χ0v) is 13.4. The van der Waals surface area contributed by atoms with E-state index >= 15 is 0 Å². The summed E-state index contributed by atoms with van der Waals surface area (Å²) in [7, 11) is 0. The summed E-state index contributed by atoms with van der Waals surface area (Å²) in [5, 5.41) is 10.4. The normalized spacial score (nSPS) is 26.6. The van der Waals surface area contributed by atoms with Crippen molar-refractivity contribution in [1.29, 1.82) is 0 Å². The van der Waals surface area contributed by atoms with Gasteiger partial charge in [0.05, 0.1) is 5.56 Å². The van der Waals surface area contributed by atoms with E-state index in [0.717, 1.165) is 0 Å². The lowest BCUT2D eigenvalue weighted by atomic mass is 10.1. The molecule has 2 aliphatic heterocycles. The molecule has 2 aliphatic rings. The smallest absolute Gasteiger partial charge is 0.338 e. The summed E-state index contributed by atoms with van der Waals surface area (Å²) in [6.07, 6.45) is -1.46. The fraction of sp³-hybridized carbons (Fsp3) is 0.353. The summed E-state index contributed by atoms with van der Waals surface area (Å²) in [5.74, 6) is -0.490. The van der Waals surface area contributed by atoms with E-state index in [-0.39, 0.29) is 18.2 Å². The summed E-state index contributed by atoms with van der Waals surface area (Å²) in [5.41, 5.74) is 0.494. The Balaban J connectivity index is 1.45. The van der Waals surface area contributed by atoms with Crippen LogP contribution in [0.1, 0.15) is 22.1 Å². The number of rotatable bonds is 3. The Bertz CT molecular complexity index is 865. The van der Waals surface area contributed by atoms with Crippen molar-refractivity contribution in [3.8, 4) is 6.01 Å². The number of aliphatic hydroxyl groups is 1. The van der Waals surface area contributed by atoms with E-state index in [2.05, 4.69) is 4.98 Å². The molecule has 0 bridgehead atoms. The molecule has 1 saturated heterocycles. The Labute approximate surface area is 142 Å². The highest BCUT2D eigenvalue weighted by atomic mass is 16.6. The van der Waals surface area contributed by atoms with Gasteiger partial charge in [-0.25, -0.2) is 4.79 Å². The molecule has 130 valence electrons. The monoisotopic (exact) mass is 344 g/mol. The van der Waals surface area contributed by atoms with Crippen molar-refractivity contribution in [1.82, 2.24) is 9.55 Å². The minimum atomic E-state index is -1.01. The molecular weight excluding hydrogens is 328 g/mol. The van der Waals surface area contributed by atoms with Crippen molar-refractivity contribution in [3.05, 3.63) is 58.0 Å². The van der Waals surface area contributed by atoms with Gasteiger partial charge in [0.1, 0.15) is 18.8 Å². The molecule has 25 heavy (non-hydrogen) atoms. The minimum absolute atomic E-state index is 0.104. The van der Waals surface area contributed by atoms with Gasteiger partial charge in [0.2, 0.25) is 0 Å². The number of nitrogens with zero attached hydrogens (tertiary/aromatic N) is 2. The van der Waals surface area contributed by atoms with Crippen LogP contribution in [-0.2, 0) is 9.47 Å². The number of carbonyl (C=O) groups is 1. The number of esters is 1. The predicted octanol–water partition coefficient (Wildman–Crippen LogP) is 0.428. The van der Waals surface area contributed by atoms with Crippen LogP contribution < -0.4 is 10.3 Å². The molecule has 1 fully saturated rings. The molecule has 0 radical (unpaired) electrons. The maximum Gasteiger partial charge on any atom is 0.338 e. The number of hydrogen-bond acceptors (Lipinski definition) is 7. The highest BCUT2D eigenvalue weighted by molar-refractivity contribution is 5.89. The molecule has 0 unspecified atom stereocenters. The van der Waals surface area contributed by atoms with Gasteiger partial charge in [0.15, 0.2) is 12.3 Å². The van der Waals surface area contributed by atoms with Gasteiger partial charge in [-0.2, -0.15) is 4.98 Å². The first kappa shape index (κ1) is 15.8. The fourth-order valence-corrected chi connectivity index (χ4v) is 2.97. The van der Waals surface area contributed by atoms with Crippen LogP contribution in [0.15, 0.2) is 41.3 Å². The number of ether oxygens (including phenoxy) is 3. The summed E-state index contributed by atoms with van der Waals surface area (Å²) < 4.78 is 18.1. The third-order valence-electron chi connectivity index (χ3n) is 4.30. The highest BCUT2D eigenvalue weighted by Crippen LogP contribution is 2.39. The molecule has 4 rings (SSSR count). The van der Waals surface area contributed by atoms with E-state index in [0.29, 0.717) is 11.1 Å². The molecule has 1 N–H and O–H groups in total. The lowest BCUT2D eigenvalue weighted by molar-refractivity contribution is -0.0512. The molecule has 0 aliphatic carbocycles. The topological polar surface area (TPSA) is 99.9 Å². The minimum Gasteiger partial charge on any atom is -0.459 e. The summed E-state index contributed by atoms with van der Waals surface area (Å²) in [6.45, 7) is 1.54. The second-order valence-electron chi connectivity index (χ2n) is 6.02. The third-order valence-corrected chi connectivity index (χ3v) is 4.30. The van der Waals surface area contributed by atoms with Crippen LogP contribution in [0.25, 0.3) is 0 Å². The van der Waals surface area contributed by atoms with Gasteiger partial charge in [-0.05, 0) is 19.1 Å². The van der Waals surface area contributed by atoms with Crippen molar-refractivity contribution in [2.24, 2.45) is 0 Å². The largest absolute Gasteiger partial charge is 0.459 e. The molecule has 0 spiro atoms. The number of aromatic nitrogens is 2. The molecule has 1 aromatic carbocycles. The van der Waals surface area contributed by atoms with Crippen molar-refractivity contribution < 1.29 is 24.1 Å². The standard InChI is InChI=1S/C17H16N2O6/c1-9-7-19-15-13(25-17(19)18-14(9)21)12(20)11(24-15)8-23-16(22)10-5-3-2-4-6-10/h2-7,11-13,15,20H,8H2,1H3/t11-,12+,13-,15+/m1/s1. The van der Waals surface area contributed by atoms with E-state index in [1.807, 2.05) is 0 Å².